The molecule has 3 rings (SSSR count). The topological polar surface area (TPSA) is 52.7 Å². The van der Waals surface area contributed by atoms with Crippen molar-refractivity contribution >= 4 is 11.8 Å². The Morgan fingerprint density at radius 3 is 2.39 bits per heavy atom. The van der Waals surface area contributed by atoms with Crippen molar-refractivity contribution in [3.05, 3.63) is 35.6 Å². The fraction of sp³-hybridized carbons (Fsp3) is 0.529. The molecular formula is C17H22FN3O2. The van der Waals surface area contributed by atoms with Crippen LogP contribution in [-0.4, -0.2) is 60.4 Å². The third kappa shape index (κ3) is 3.69. The van der Waals surface area contributed by atoms with Crippen LogP contribution in [0.1, 0.15) is 29.6 Å². The van der Waals surface area contributed by atoms with Gasteiger partial charge in [0.1, 0.15) is 5.82 Å². The molecule has 2 heterocycles. The maximum Gasteiger partial charge on any atom is 0.253 e. The Bertz CT molecular complexity index is 570. The second-order valence-electron chi connectivity index (χ2n) is 6.13. The molecule has 0 aromatic heterocycles. The minimum atomic E-state index is -0.349. The number of carbonyl (C=O) groups excluding carboxylic acids is 2. The summed E-state index contributed by atoms with van der Waals surface area (Å²) in [5.74, 6) is -0.296. The van der Waals surface area contributed by atoms with E-state index in [0.29, 0.717) is 31.7 Å². The highest BCUT2D eigenvalue weighted by molar-refractivity contribution is 5.94. The first-order valence-electron chi connectivity index (χ1n) is 8.22. The summed E-state index contributed by atoms with van der Waals surface area (Å²) >= 11 is 0. The maximum absolute atomic E-state index is 13.0. The first-order valence-corrected chi connectivity index (χ1v) is 8.22. The third-order valence-corrected chi connectivity index (χ3v) is 4.54. The van der Waals surface area contributed by atoms with Crippen LogP contribution in [0.15, 0.2) is 24.3 Å². The van der Waals surface area contributed by atoms with E-state index in [1.807, 2.05) is 4.90 Å². The van der Waals surface area contributed by atoms with Crippen molar-refractivity contribution in [1.29, 1.82) is 0 Å². The van der Waals surface area contributed by atoms with Crippen LogP contribution in [0.3, 0.4) is 0 Å². The molecule has 124 valence electrons. The molecule has 0 bridgehead atoms. The van der Waals surface area contributed by atoms with Crippen LogP contribution >= 0.6 is 0 Å². The van der Waals surface area contributed by atoms with E-state index in [2.05, 4.69) is 5.32 Å². The minimum Gasteiger partial charge on any atom is -0.340 e. The molecule has 6 heteroatoms. The van der Waals surface area contributed by atoms with E-state index >= 15 is 0 Å². The van der Waals surface area contributed by atoms with Gasteiger partial charge >= 0.3 is 0 Å². The average Bonchev–Trinajstić information content (AvgIpc) is 2.99. The van der Waals surface area contributed by atoms with Crippen LogP contribution < -0.4 is 5.32 Å². The van der Waals surface area contributed by atoms with Gasteiger partial charge in [0.2, 0.25) is 5.91 Å². The number of benzene rings is 1. The molecule has 2 aliphatic heterocycles. The Labute approximate surface area is 135 Å². The van der Waals surface area contributed by atoms with Crippen LogP contribution in [0, 0.1) is 5.82 Å². The smallest absolute Gasteiger partial charge is 0.253 e. The minimum absolute atomic E-state index is 0.0608. The number of rotatable bonds is 2. The van der Waals surface area contributed by atoms with Gasteiger partial charge in [0, 0.05) is 31.7 Å². The summed E-state index contributed by atoms with van der Waals surface area (Å²) < 4.78 is 13.0. The summed E-state index contributed by atoms with van der Waals surface area (Å²) in [5, 5.41) is 3.23. The predicted molar refractivity (Wildman–Crippen MR) is 84.5 cm³/mol. The molecule has 1 N–H and O–H groups in total. The first-order chi connectivity index (χ1) is 11.1. The van der Waals surface area contributed by atoms with Gasteiger partial charge in [-0.1, -0.05) is 0 Å². The van der Waals surface area contributed by atoms with Crippen LogP contribution in [-0.2, 0) is 4.79 Å². The number of hydrogen-bond donors (Lipinski definition) is 1. The third-order valence-electron chi connectivity index (χ3n) is 4.54. The second-order valence-corrected chi connectivity index (χ2v) is 6.13. The van der Waals surface area contributed by atoms with Crippen LogP contribution in [0.5, 0.6) is 0 Å². The Hall–Kier alpha value is -1.95. The van der Waals surface area contributed by atoms with Gasteiger partial charge in [-0.2, -0.15) is 0 Å². The molecule has 2 aliphatic rings. The summed E-state index contributed by atoms with van der Waals surface area (Å²) in [5.41, 5.74) is 0.489. The summed E-state index contributed by atoms with van der Waals surface area (Å²) in [6, 6.07) is 5.55. The van der Waals surface area contributed by atoms with Crippen molar-refractivity contribution in [1.82, 2.24) is 15.1 Å². The first kappa shape index (κ1) is 15.9. The molecule has 0 spiro atoms. The van der Waals surface area contributed by atoms with Crippen molar-refractivity contribution in [3.8, 4) is 0 Å². The number of carbonyl (C=O) groups is 2. The van der Waals surface area contributed by atoms with Gasteiger partial charge in [-0.25, -0.2) is 4.39 Å². The number of amides is 2. The Morgan fingerprint density at radius 2 is 1.70 bits per heavy atom. The zero-order valence-electron chi connectivity index (χ0n) is 13.1. The maximum atomic E-state index is 13.0. The van der Waals surface area contributed by atoms with E-state index < -0.39 is 0 Å². The van der Waals surface area contributed by atoms with Gasteiger partial charge in [-0.05, 0) is 50.1 Å². The number of nitrogens with one attached hydrogen (secondary N) is 1. The summed E-state index contributed by atoms with van der Waals surface area (Å²) in [6.45, 7) is 3.29. The van der Waals surface area contributed by atoms with E-state index in [1.165, 1.54) is 24.3 Å². The lowest BCUT2D eigenvalue weighted by Gasteiger charge is -2.24. The average molecular weight is 319 g/mol. The highest BCUT2D eigenvalue weighted by Crippen LogP contribution is 2.13. The largest absolute Gasteiger partial charge is 0.340 e. The second kappa shape index (κ2) is 7.08. The molecule has 2 saturated heterocycles. The van der Waals surface area contributed by atoms with Crippen LogP contribution in [0.2, 0.25) is 0 Å². The molecule has 0 radical (unpaired) electrons. The zero-order chi connectivity index (χ0) is 16.2. The molecule has 1 atom stereocenters. The lowest BCUT2D eigenvalue weighted by Crippen LogP contribution is -2.45. The van der Waals surface area contributed by atoms with Crippen molar-refractivity contribution < 1.29 is 14.0 Å². The van der Waals surface area contributed by atoms with E-state index in [9.17, 15) is 14.0 Å². The normalized spacial score (nSPS) is 22.0. The molecule has 1 aromatic rings. The lowest BCUT2D eigenvalue weighted by molar-refractivity contribution is -0.132. The van der Waals surface area contributed by atoms with E-state index in [-0.39, 0.29) is 23.7 Å². The van der Waals surface area contributed by atoms with Crippen molar-refractivity contribution in [2.24, 2.45) is 0 Å². The molecule has 0 saturated carbocycles. The monoisotopic (exact) mass is 319 g/mol. The van der Waals surface area contributed by atoms with Gasteiger partial charge < -0.3 is 15.1 Å². The van der Waals surface area contributed by atoms with Gasteiger partial charge in [-0.3, -0.25) is 9.59 Å². The molecule has 2 amide bonds. The number of nitrogens with zero attached hydrogens (tertiary/aromatic N) is 2. The molecule has 0 aliphatic carbocycles. The Morgan fingerprint density at radius 1 is 1.00 bits per heavy atom. The van der Waals surface area contributed by atoms with E-state index in [4.69, 9.17) is 0 Å². The Balaban J connectivity index is 1.60. The molecule has 1 unspecified atom stereocenters. The van der Waals surface area contributed by atoms with Crippen molar-refractivity contribution in [2.45, 2.75) is 25.3 Å². The van der Waals surface area contributed by atoms with Crippen LogP contribution in [0.4, 0.5) is 4.39 Å². The highest BCUT2D eigenvalue weighted by atomic mass is 19.1. The van der Waals surface area contributed by atoms with Gasteiger partial charge in [0.25, 0.3) is 5.91 Å². The summed E-state index contributed by atoms with van der Waals surface area (Å²) in [7, 11) is 0. The summed E-state index contributed by atoms with van der Waals surface area (Å²) in [6.07, 6.45) is 2.71. The van der Waals surface area contributed by atoms with Gasteiger partial charge in [0.15, 0.2) is 0 Å². The molecule has 1 aromatic carbocycles. The Kier molecular flexibility index (Phi) is 4.91. The van der Waals surface area contributed by atoms with Crippen molar-refractivity contribution in [2.75, 3.05) is 32.7 Å². The fourth-order valence-electron chi connectivity index (χ4n) is 3.23. The molecule has 23 heavy (non-hydrogen) atoms. The zero-order valence-corrected chi connectivity index (χ0v) is 13.1. The standard InChI is InChI=1S/C17H22FN3O2/c18-14-6-4-13(5-7-14)16(22)20-9-2-10-21(12-11-20)17(23)15-3-1-8-19-15/h4-7,15,19H,1-3,8-12H2. The van der Waals surface area contributed by atoms with Gasteiger partial charge in [-0.15, -0.1) is 0 Å². The number of halogens is 1. The van der Waals surface area contributed by atoms with E-state index in [0.717, 1.165) is 25.8 Å². The number of hydrogen-bond acceptors (Lipinski definition) is 3. The summed E-state index contributed by atoms with van der Waals surface area (Å²) in [4.78, 5) is 28.6. The quantitative estimate of drug-likeness (QED) is 0.893. The molecule has 2 fully saturated rings. The SMILES string of the molecule is O=C(c1ccc(F)cc1)N1CCCN(C(=O)C2CCCN2)CC1. The van der Waals surface area contributed by atoms with Gasteiger partial charge in [0.05, 0.1) is 6.04 Å². The van der Waals surface area contributed by atoms with Crippen LogP contribution in [0.25, 0.3) is 0 Å². The van der Waals surface area contributed by atoms with E-state index in [1.54, 1.807) is 4.90 Å². The predicted octanol–water partition coefficient (Wildman–Crippen LogP) is 1.25. The molecule has 5 nitrogen and oxygen atoms in total. The highest BCUT2D eigenvalue weighted by Gasteiger charge is 2.29. The van der Waals surface area contributed by atoms with Crippen molar-refractivity contribution in [3.63, 3.8) is 0 Å². The lowest BCUT2D eigenvalue weighted by atomic mass is 10.2. The molecular weight excluding hydrogens is 297 g/mol. The fourth-order valence-corrected chi connectivity index (χ4v) is 3.23.